The van der Waals surface area contributed by atoms with Crippen LogP contribution in [0.3, 0.4) is 0 Å². The molecule has 1 aliphatic heterocycles. The zero-order chi connectivity index (χ0) is 17.9. The number of phenolic OH excluding ortho intramolecular Hbond substituents is 1. The first-order chi connectivity index (χ1) is 12.7. The maximum atomic E-state index is 12.4. The number of nitrogens with one attached hydrogen (secondary N) is 1. The highest BCUT2D eigenvalue weighted by atomic mass is 32.1. The third kappa shape index (κ3) is 3.43. The van der Waals surface area contributed by atoms with Crippen molar-refractivity contribution in [1.82, 2.24) is 0 Å². The van der Waals surface area contributed by atoms with Crippen LogP contribution in [0.5, 0.6) is 23.0 Å². The van der Waals surface area contributed by atoms with Crippen LogP contribution in [0.25, 0.3) is 0 Å². The minimum Gasteiger partial charge on any atom is -0.507 e. The molecule has 0 aliphatic carbocycles. The fourth-order valence-electron chi connectivity index (χ4n) is 2.50. The van der Waals surface area contributed by atoms with E-state index in [1.807, 2.05) is 17.5 Å². The third-order valence-electron chi connectivity index (χ3n) is 3.81. The number of hydrogen-bond acceptors (Lipinski definition) is 6. The highest BCUT2D eigenvalue weighted by Crippen LogP contribution is 2.37. The van der Waals surface area contributed by atoms with Crippen molar-refractivity contribution < 1.29 is 24.1 Å². The summed E-state index contributed by atoms with van der Waals surface area (Å²) in [6, 6.07) is 13.9. The van der Waals surface area contributed by atoms with Gasteiger partial charge in [-0.1, -0.05) is 6.07 Å². The number of carbonyl (C=O) groups excluding carboxylic acids is 1. The first-order valence-corrected chi connectivity index (χ1v) is 8.76. The standard InChI is InChI=1S/C19H15NO5S/c21-16-9-18-17(24-11-25-18)8-15(16)19(22)20-12-3-5-13(6-4-12)23-10-14-2-1-7-26-14/h1-9,21H,10-11H2,(H,20,22). The minimum atomic E-state index is -0.437. The molecule has 0 fully saturated rings. The molecule has 0 saturated heterocycles. The van der Waals surface area contributed by atoms with Gasteiger partial charge in [-0.3, -0.25) is 4.79 Å². The summed E-state index contributed by atoms with van der Waals surface area (Å²) >= 11 is 1.64. The Morgan fingerprint density at radius 1 is 1.15 bits per heavy atom. The second kappa shape index (κ2) is 6.97. The molecule has 0 saturated carbocycles. The van der Waals surface area contributed by atoms with Gasteiger partial charge in [-0.15, -0.1) is 11.3 Å². The van der Waals surface area contributed by atoms with Gasteiger partial charge in [0.25, 0.3) is 5.91 Å². The number of fused-ring (bicyclic) bond motifs is 1. The Morgan fingerprint density at radius 3 is 2.65 bits per heavy atom. The number of thiophene rings is 1. The number of carbonyl (C=O) groups is 1. The molecule has 2 heterocycles. The van der Waals surface area contributed by atoms with Gasteiger partial charge in [-0.25, -0.2) is 0 Å². The molecule has 0 unspecified atom stereocenters. The van der Waals surface area contributed by atoms with Gasteiger partial charge in [-0.05, 0) is 35.7 Å². The fourth-order valence-corrected chi connectivity index (χ4v) is 3.11. The summed E-state index contributed by atoms with van der Waals surface area (Å²) < 4.78 is 16.1. The monoisotopic (exact) mass is 369 g/mol. The smallest absolute Gasteiger partial charge is 0.259 e. The molecule has 132 valence electrons. The molecule has 0 spiro atoms. The van der Waals surface area contributed by atoms with E-state index >= 15 is 0 Å². The Labute approximate surface area is 153 Å². The maximum absolute atomic E-state index is 12.4. The van der Waals surface area contributed by atoms with Gasteiger partial charge < -0.3 is 24.6 Å². The Kier molecular flexibility index (Phi) is 4.37. The van der Waals surface area contributed by atoms with E-state index in [9.17, 15) is 9.90 Å². The van der Waals surface area contributed by atoms with Crippen LogP contribution in [0, 0.1) is 0 Å². The highest BCUT2D eigenvalue weighted by molar-refractivity contribution is 7.09. The van der Waals surface area contributed by atoms with Crippen LogP contribution >= 0.6 is 11.3 Å². The Morgan fingerprint density at radius 2 is 1.92 bits per heavy atom. The topological polar surface area (TPSA) is 77.0 Å². The van der Waals surface area contributed by atoms with E-state index in [1.165, 1.54) is 12.1 Å². The van der Waals surface area contributed by atoms with Gasteiger partial charge in [0.1, 0.15) is 18.1 Å². The molecule has 0 bridgehead atoms. The van der Waals surface area contributed by atoms with E-state index in [0.717, 1.165) is 4.88 Å². The van der Waals surface area contributed by atoms with Crippen molar-refractivity contribution in [2.45, 2.75) is 6.61 Å². The lowest BCUT2D eigenvalue weighted by molar-refractivity contribution is 0.102. The van der Waals surface area contributed by atoms with Crippen molar-refractivity contribution in [3.63, 3.8) is 0 Å². The molecule has 1 aromatic heterocycles. The molecule has 1 amide bonds. The lowest BCUT2D eigenvalue weighted by Crippen LogP contribution is -2.12. The SMILES string of the molecule is O=C(Nc1ccc(OCc2cccs2)cc1)c1cc2c(cc1O)OCO2. The molecular weight excluding hydrogens is 354 g/mol. The number of anilines is 1. The second-order valence-electron chi connectivity index (χ2n) is 5.57. The van der Waals surface area contributed by atoms with E-state index in [1.54, 1.807) is 35.6 Å². The molecule has 2 N–H and O–H groups in total. The fraction of sp³-hybridized carbons (Fsp3) is 0.105. The van der Waals surface area contributed by atoms with E-state index in [4.69, 9.17) is 14.2 Å². The third-order valence-corrected chi connectivity index (χ3v) is 4.66. The average Bonchev–Trinajstić information content (AvgIpc) is 3.31. The van der Waals surface area contributed by atoms with E-state index in [2.05, 4.69) is 5.32 Å². The molecule has 7 heteroatoms. The highest BCUT2D eigenvalue weighted by Gasteiger charge is 2.20. The zero-order valence-corrected chi connectivity index (χ0v) is 14.4. The minimum absolute atomic E-state index is 0.0762. The quantitative estimate of drug-likeness (QED) is 0.710. The van der Waals surface area contributed by atoms with Crippen LogP contribution in [-0.4, -0.2) is 17.8 Å². The number of benzene rings is 2. The maximum Gasteiger partial charge on any atom is 0.259 e. The molecule has 6 nitrogen and oxygen atoms in total. The van der Waals surface area contributed by atoms with Crippen molar-refractivity contribution in [1.29, 1.82) is 0 Å². The van der Waals surface area contributed by atoms with Crippen molar-refractivity contribution in [3.05, 3.63) is 64.4 Å². The number of ether oxygens (including phenoxy) is 3. The van der Waals surface area contributed by atoms with Crippen LogP contribution < -0.4 is 19.5 Å². The summed E-state index contributed by atoms with van der Waals surface area (Å²) in [4.78, 5) is 13.5. The van der Waals surface area contributed by atoms with Crippen molar-refractivity contribution in [3.8, 4) is 23.0 Å². The van der Waals surface area contributed by atoms with Crippen LogP contribution in [0.1, 0.15) is 15.2 Å². The normalized spacial score (nSPS) is 12.0. The van der Waals surface area contributed by atoms with Gasteiger partial charge in [0.2, 0.25) is 6.79 Å². The van der Waals surface area contributed by atoms with E-state index in [0.29, 0.717) is 29.5 Å². The van der Waals surface area contributed by atoms with Gasteiger partial charge in [0.15, 0.2) is 11.5 Å². The zero-order valence-electron chi connectivity index (χ0n) is 13.6. The molecule has 4 rings (SSSR count). The lowest BCUT2D eigenvalue weighted by Gasteiger charge is -2.09. The van der Waals surface area contributed by atoms with Gasteiger partial charge in [-0.2, -0.15) is 0 Å². The number of rotatable bonds is 5. The number of hydrogen-bond donors (Lipinski definition) is 2. The Hall–Kier alpha value is -3.19. The number of phenols is 1. The summed E-state index contributed by atoms with van der Waals surface area (Å²) in [7, 11) is 0. The summed E-state index contributed by atoms with van der Waals surface area (Å²) in [6.45, 7) is 0.585. The second-order valence-corrected chi connectivity index (χ2v) is 6.60. The van der Waals surface area contributed by atoms with Crippen LogP contribution in [0.4, 0.5) is 5.69 Å². The molecule has 0 radical (unpaired) electrons. The number of amides is 1. The van der Waals surface area contributed by atoms with Crippen LogP contribution in [-0.2, 0) is 6.61 Å². The molecule has 0 atom stereocenters. The van der Waals surface area contributed by atoms with Crippen molar-refractivity contribution in [2.75, 3.05) is 12.1 Å². The summed E-state index contributed by atoms with van der Waals surface area (Å²) in [6.07, 6.45) is 0. The van der Waals surface area contributed by atoms with Crippen molar-refractivity contribution >= 4 is 22.9 Å². The summed E-state index contributed by atoms with van der Waals surface area (Å²) in [5.41, 5.74) is 0.711. The lowest BCUT2D eigenvalue weighted by atomic mass is 10.1. The van der Waals surface area contributed by atoms with Gasteiger partial charge in [0, 0.05) is 22.7 Å². The molecule has 3 aromatic rings. The summed E-state index contributed by atoms with van der Waals surface area (Å²) in [5, 5.41) is 14.8. The molecule has 2 aromatic carbocycles. The summed E-state index contributed by atoms with van der Waals surface area (Å²) in [5.74, 6) is 0.967. The van der Waals surface area contributed by atoms with E-state index in [-0.39, 0.29) is 18.1 Å². The van der Waals surface area contributed by atoms with E-state index < -0.39 is 5.91 Å². The first-order valence-electron chi connectivity index (χ1n) is 7.88. The molecule has 26 heavy (non-hydrogen) atoms. The molecular formula is C19H15NO5S. The first kappa shape index (κ1) is 16.3. The van der Waals surface area contributed by atoms with Crippen LogP contribution in [0.2, 0.25) is 0 Å². The number of aromatic hydroxyl groups is 1. The van der Waals surface area contributed by atoms with Crippen molar-refractivity contribution in [2.24, 2.45) is 0 Å². The van der Waals surface area contributed by atoms with Crippen LogP contribution in [0.15, 0.2) is 53.9 Å². The Balaban J connectivity index is 1.41. The molecule has 1 aliphatic rings. The predicted octanol–water partition coefficient (Wildman–Crippen LogP) is 4.01. The average molecular weight is 369 g/mol. The largest absolute Gasteiger partial charge is 0.507 e. The Bertz CT molecular complexity index is 922. The van der Waals surface area contributed by atoms with Gasteiger partial charge >= 0.3 is 0 Å². The van der Waals surface area contributed by atoms with Gasteiger partial charge in [0.05, 0.1) is 5.56 Å². The predicted molar refractivity (Wildman–Crippen MR) is 97.3 cm³/mol.